The van der Waals surface area contributed by atoms with Gasteiger partial charge < -0.3 is 4.74 Å². The standard InChI is InChI=1S/C8H9Br2NO/c1-2-12-8-3-6(4-9)11-5-7(8)10/h3,5H,2,4H2,1H3. The van der Waals surface area contributed by atoms with Crippen molar-refractivity contribution in [1.29, 1.82) is 0 Å². The van der Waals surface area contributed by atoms with Crippen molar-refractivity contribution in [2.45, 2.75) is 12.3 Å². The smallest absolute Gasteiger partial charge is 0.136 e. The van der Waals surface area contributed by atoms with Crippen molar-refractivity contribution in [3.63, 3.8) is 0 Å². The van der Waals surface area contributed by atoms with Crippen molar-refractivity contribution in [1.82, 2.24) is 4.98 Å². The summed E-state index contributed by atoms with van der Waals surface area (Å²) in [5.74, 6) is 0.849. The van der Waals surface area contributed by atoms with Gasteiger partial charge in [0.1, 0.15) is 5.75 Å². The highest BCUT2D eigenvalue weighted by atomic mass is 79.9. The van der Waals surface area contributed by atoms with E-state index in [0.717, 1.165) is 21.2 Å². The summed E-state index contributed by atoms with van der Waals surface area (Å²) >= 11 is 6.69. The minimum Gasteiger partial charge on any atom is -0.493 e. The predicted molar refractivity (Wildman–Crippen MR) is 55.7 cm³/mol. The Kier molecular flexibility index (Phi) is 4.01. The molecule has 4 heteroatoms. The highest BCUT2D eigenvalue weighted by molar-refractivity contribution is 9.10. The predicted octanol–water partition coefficient (Wildman–Crippen LogP) is 3.14. The Morgan fingerprint density at radius 1 is 1.58 bits per heavy atom. The van der Waals surface area contributed by atoms with Crippen LogP contribution in [0.4, 0.5) is 0 Å². The molecule has 0 aromatic carbocycles. The molecule has 12 heavy (non-hydrogen) atoms. The molecule has 0 saturated heterocycles. The molecule has 1 heterocycles. The third kappa shape index (κ3) is 2.45. The van der Waals surface area contributed by atoms with Gasteiger partial charge in [0.2, 0.25) is 0 Å². The lowest BCUT2D eigenvalue weighted by molar-refractivity contribution is 0.337. The van der Waals surface area contributed by atoms with Gasteiger partial charge in [0, 0.05) is 17.6 Å². The van der Waals surface area contributed by atoms with Crippen LogP contribution < -0.4 is 4.74 Å². The molecule has 0 fully saturated rings. The number of alkyl halides is 1. The van der Waals surface area contributed by atoms with Gasteiger partial charge in [-0.25, -0.2) is 0 Å². The van der Waals surface area contributed by atoms with Crippen LogP contribution >= 0.6 is 31.9 Å². The molecule has 0 radical (unpaired) electrons. The Morgan fingerprint density at radius 3 is 2.92 bits per heavy atom. The highest BCUT2D eigenvalue weighted by Crippen LogP contribution is 2.24. The van der Waals surface area contributed by atoms with E-state index in [0.29, 0.717) is 6.61 Å². The maximum absolute atomic E-state index is 5.37. The Balaban J connectivity index is 2.91. The summed E-state index contributed by atoms with van der Waals surface area (Å²) in [6.45, 7) is 2.63. The van der Waals surface area contributed by atoms with Crippen LogP contribution in [-0.4, -0.2) is 11.6 Å². The van der Waals surface area contributed by atoms with Crippen LogP contribution in [0.2, 0.25) is 0 Å². The minimum absolute atomic E-state index is 0.671. The topological polar surface area (TPSA) is 22.1 Å². The van der Waals surface area contributed by atoms with Crippen LogP contribution in [0.15, 0.2) is 16.7 Å². The molecular weight excluding hydrogens is 286 g/mol. The van der Waals surface area contributed by atoms with Crippen LogP contribution in [0.1, 0.15) is 12.6 Å². The molecule has 0 saturated carbocycles. The van der Waals surface area contributed by atoms with Crippen molar-refractivity contribution in [2.24, 2.45) is 0 Å². The molecule has 0 bridgehead atoms. The third-order valence-electron chi connectivity index (χ3n) is 1.31. The summed E-state index contributed by atoms with van der Waals surface area (Å²) in [6, 6.07) is 1.92. The minimum atomic E-state index is 0.671. The zero-order valence-electron chi connectivity index (χ0n) is 6.68. The fourth-order valence-electron chi connectivity index (χ4n) is 0.800. The molecule has 2 nitrogen and oxygen atoms in total. The van der Waals surface area contributed by atoms with Crippen molar-refractivity contribution < 1.29 is 4.74 Å². The van der Waals surface area contributed by atoms with E-state index in [2.05, 4.69) is 36.8 Å². The Bertz CT molecular complexity index is 265. The van der Waals surface area contributed by atoms with E-state index >= 15 is 0 Å². The van der Waals surface area contributed by atoms with Crippen LogP contribution in [0.5, 0.6) is 5.75 Å². The van der Waals surface area contributed by atoms with Gasteiger partial charge in [-0.2, -0.15) is 0 Å². The van der Waals surface area contributed by atoms with E-state index in [1.807, 2.05) is 13.0 Å². The monoisotopic (exact) mass is 293 g/mol. The van der Waals surface area contributed by atoms with E-state index in [-0.39, 0.29) is 0 Å². The van der Waals surface area contributed by atoms with Crippen molar-refractivity contribution in [2.75, 3.05) is 6.61 Å². The van der Waals surface area contributed by atoms with E-state index < -0.39 is 0 Å². The van der Waals surface area contributed by atoms with E-state index in [4.69, 9.17) is 4.74 Å². The normalized spacial score (nSPS) is 9.92. The zero-order chi connectivity index (χ0) is 8.97. The van der Waals surface area contributed by atoms with Crippen molar-refractivity contribution >= 4 is 31.9 Å². The van der Waals surface area contributed by atoms with E-state index in [1.165, 1.54) is 0 Å². The van der Waals surface area contributed by atoms with Crippen LogP contribution in [0.3, 0.4) is 0 Å². The number of pyridine rings is 1. The summed E-state index contributed by atoms with van der Waals surface area (Å²) in [6.07, 6.45) is 1.75. The molecule has 66 valence electrons. The summed E-state index contributed by atoms with van der Waals surface area (Å²) in [7, 11) is 0. The number of halogens is 2. The molecule has 1 rings (SSSR count). The van der Waals surface area contributed by atoms with Crippen LogP contribution in [0.25, 0.3) is 0 Å². The highest BCUT2D eigenvalue weighted by Gasteiger charge is 2.01. The Labute approximate surface area is 88.6 Å². The van der Waals surface area contributed by atoms with Gasteiger partial charge in [0.15, 0.2) is 0 Å². The lowest BCUT2D eigenvalue weighted by Crippen LogP contribution is -1.94. The van der Waals surface area contributed by atoms with Crippen LogP contribution in [0, 0.1) is 0 Å². The maximum Gasteiger partial charge on any atom is 0.136 e. The average Bonchev–Trinajstić information content (AvgIpc) is 2.09. The molecule has 0 aliphatic rings. The van der Waals surface area contributed by atoms with Gasteiger partial charge in [-0.15, -0.1) is 0 Å². The number of ether oxygens (including phenoxy) is 1. The van der Waals surface area contributed by atoms with Gasteiger partial charge in [-0.05, 0) is 22.9 Å². The number of hydrogen-bond donors (Lipinski definition) is 0. The summed E-state index contributed by atoms with van der Waals surface area (Å²) in [5, 5.41) is 0.750. The molecule has 0 aliphatic heterocycles. The van der Waals surface area contributed by atoms with Gasteiger partial charge in [-0.3, -0.25) is 4.98 Å². The Morgan fingerprint density at radius 2 is 2.33 bits per heavy atom. The molecule has 1 aromatic heterocycles. The first kappa shape index (κ1) is 9.99. The van der Waals surface area contributed by atoms with E-state index in [9.17, 15) is 0 Å². The summed E-state index contributed by atoms with van der Waals surface area (Å²) < 4.78 is 6.27. The van der Waals surface area contributed by atoms with Crippen molar-refractivity contribution in [3.8, 4) is 5.75 Å². The molecule has 0 amide bonds. The zero-order valence-corrected chi connectivity index (χ0v) is 9.85. The van der Waals surface area contributed by atoms with Gasteiger partial charge in [0.25, 0.3) is 0 Å². The summed E-state index contributed by atoms with van der Waals surface area (Å²) in [5.41, 5.74) is 0.974. The fraction of sp³-hybridized carbons (Fsp3) is 0.375. The summed E-state index contributed by atoms with van der Waals surface area (Å²) in [4.78, 5) is 4.17. The van der Waals surface area contributed by atoms with Gasteiger partial charge >= 0.3 is 0 Å². The number of aromatic nitrogens is 1. The number of hydrogen-bond acceptors (Lipinski definition) is 2. The molecule has 0 spiro atoms. The molecule has 1 aromatic rings. The number of nitrogens with zero attached hydrogens (tertiary/aromatic N) is 1. The van der Waals surface area contributed by atoms with Crippen LogP contribution in [-0.2, 0) is 5.33 Å². The molecule has 0 unspecified atom stereocenters. The molecule has 0 N–H and O–H groups in total. The second-order valence-corrected chi connectivity index (χ2v) is 3.59. The molecule has 0 atom stereocenters. The van der Waals surface area contributed by atoms with E-state index in [1.54, 1.807) is 6.20 Å². The van der Waals surface area contributed by atoms with Crippen molar-refractivity contribution in [3.05, 3.63) is 22.4 Å². The first-order valence-electron chi connectivity index (χ1n) is 3.61. The first-order chi connectivity index (χ1) is 5.77. The average molecular weight is 295 g/mol. The molecular formula is C8H9Br2NO. The second kappa shape index (κ2) is 4.82. The van der Waals surface area contributed by atoms with Gasteiger partial charge in [0.05, 0.1) is 16.8 Å². The lowest BCUT2D eigenvalue weighted by atomic mass is 10.3. The first-order valence-corrected chi connectivity index (χ1v) is 5.52. The second-order valence-electron chi connectivity index (χ2n) is 2.17. The fourth-order valence-corrected chi connectivity index (χ4v) is 1.44. The van der Waals surface area contributed by atoms with Gasteiger partial charge in [-0.1, -0.05) is 15.9 Å². The molecule has 0 aliphatic carbocycles. The lowest BCUT2D eigenvalue weighted by Gasteiger charge is -2.05. The Hall–Kier alpha value is -0.0900. The largest absolute Gasteiger partial charge is 0.493 e. The number of rotatable bonds is 3. The maximum atomic E-state index is 5.37. The quantitative estimate of drug-likeness (QED) is 0.799. The third-order valence-corrected chi connectivity index (χ3v) is 2.48. The SMILES string of the molecule is CCOc1cc(CBr)ncc1Br.